The van der Waals surface area contributed by atoms with E-state index in [1.807, 2.05) is 18.9 Å². The first kappa shape index (κ1) is 12.8. The highest BCUT2D eigenvalue weighted by Crippen LogP contribution is 2.26. The lowest BCUT2D eigenvalue weighted by Gasteiger charge is -2.33. The zero-order valence-electron chi connectivity index (χ0n) is 10.9. The molecule has 0 aromatic carbocycles. The molecule has 2 rings (SSSR count). The van der Waals surface area contributed by atoms with Gasteiger partial charge in [-0.2, -0.15) is 0 Å². The molecule has 4 nitrogen and oxygen atoms in total. The first-order valence-electron chi connectivity index (χ1n) is 6.74. The van der Waals surface area contributed by atoms with E-state index in [2.05, 4.69) is 4.90 Å². The van der Waals surface area contributed by atoms with Crippen LogP contribution in [0.15, 0.2) is 0 Å². The number of aliphatic hydroxyl groups is 1. The predicted molar refractivity (Wildman–Crippen MR) is 66.6 cm³/mol. The van der Waals surface area contributed by atoms with Crippen LogP contribution in [0.4, 0.5) is 0 Å². The van der Waals surface area contributed by atoms with E-state index >= 15 is 0 Å². The fourth-order valence-electron chi connectivity index (χ4n) is 2.56. The number of hydrogen-bond donors (Lipinski definition) is 1. The fraction of sp³-hybridized carbons (Fsp3) is 0.923. The minimum atomic E-state index is -0.206. The van der Waals surface area contributed by atoms with Crippen molar-refractivity contribution < 1.29 is 9.90 Å². The molecule has 1 amide bonds. The van der Waals surface area contributed by atoms with Crippen molar-refractivity contribution in [3.05, 3.63) is 0 Å². The van der Waals surface area contributed by atoms with E-state index < -0.39 is 0 Å². The number of likely N-dealkylation sites (N-methyl/N-ethyl adjacent to an activating group) is 1. The summed E-state index contributed by atoms with van der Waals surface area (Å²) in [5.41, 5.74) is 0. The number of hydrogen-bond acceptors (Lipinski definition) is 3. The Balaban J connectivity index is 1.72. The molecule has 1 atom stereocenters. The third-order valence-corrected chi connectivity index (χ3v) is 4.16. The van der Waals surface area contributed by atoms with E-state index in [-0.39, 0.29) is 12.0 Å². The van der Waals surface area contributed by atoms with Gasteiger partial charge >= 0.3 is 0 Å². The molecule has 0 aromatic rings. The number of nitrogens with zero attached hydrogens (tertiary/aromatic N) is 2. The van der Waals surface area contributed by atoms with Crippen molar-refractivity contribution in [2.75, 3.05) is 26.7 Å². The highest BCUT2D eigenvalue weighted by molar-refractivity contribution is 5.78. The van der Waals surface area contributed by atoms with E-state index in [9.17, 15) is 9.90 Å². The topological polar surface area (TPSA) is 43.8 Å². The van der Waals surface area contributed by atoms with Gasteiger partial charge in [0.25, 0.3) is 0 Å². The molecule has 17 heavy (non-hydrogen) atoms. The number of likely N-dealkylation sites (tertiary alicyclic amines) is 1. The number of carbonyl (C=O) groups is 1. The van der Waals surface area contributed by atoms with Crippen LogP contribution in [0.25, 0.3) is 0 Å². The van der Waals surface area contributed by atoms with E-state index in [0.29, 0.717) is 18.5 Å². The Bertz CT molecular complexity index is 269. The third kappa shape index (κ3) is 3.42. The zero-order valence-corrected chi connectivity index (χ0v) is 10.9. The van der Waals surface area contributed by atoms with Crippen LogP contribution < -0.4 is 0 Å². The summed E-state index contributed by atoms with van der Waals surface area (Å²) in [6, 6.07) is 0.512. The molecule has 1 saturated carbocycles. The van der Waals surface area contributed by atoms with Crippen LogP contribution in [0.2, 0.25) is 0 Å². The second-order valence-corrected chi connectivity index (χ2v) is 5.59. The maximum atomic E-state index is 11.9. The summed E-state index contributed by atoms with van der Waals surface area (Å²) >= 11 is 0. The molecule has 0 spiro atoms. The molecule has 4 heteroatoms. The van der Waals surface area contributed by atoms with Crippen molar-refractivity contribution in [1.29, 1.82) is 0 Å². The minimum Gasteiger partial charge on any atom is -0.393 e. The van der Waals surface area contributed by atoms with Crippen LogP contribution in [0.5, 0.6) is 0 Å². The van der Waals surface area contributed by atoms with Gasteiger partial charge in [0.1, 0.15) is 0 Å². The van der Waals surface area contributed by atoms with E-state index in [1.54, 1.807) is 0 Å². The van der Waals surface area contributed by atoms with Gasteiger partial charge in [-0.3, -0.25) is 9.69 Å². The maximum Gasteiger partial charge on any atom is 0.236 e. The van der Waals surface area contributed by atoms with Crippen LogP contribution in [-0.2, 0) is 4.79 Å². The molecule has 1 N–H and O–H groups in total. The van der Waals surface area contributed by atoms with Gasteiger partial charge < -0.3 is 10.0 Å². The van der Waals surface area contributed by atoms with Crippen LogP contribution in [0.3, 0.4) is 0 Å². The number of amides is 1. The molecule has 1 unspecified atom stereocenters. The van der Waals surface area contributed by atoms with Crippen molar-refractivity contribution in [2.45, 2.75) is 44.8 Å². The third-order valence-electron chi connectivity index (χ3n) is 4.16. The largest absolute Gasteiger partial charge is 0.393 e. The second kappa shape index (κ2) is 5.36. The second-order valence-electron chi connectivity index (χ2n) is 5.59. The summed E-state index contributed by atoms with van der Waals surface area (Å²) in [6.45, 7) is 4.31. The monoisotopic (exact) mass is 240 g/mol. The lowest BCUT2D eigenvalue weighted by atomic mass is 9.92. The Hall–Kier alpha value is -0.610. The summed E-state index contributed by atoms with van der Waals surface area (Å²) in [7, 11) is 1.92. The summed E-state index contributed by atoms with van der Waals surface area (Å²) in [5.74, 6) is 0.672. The Kier molecular flexibility index (Phi) is 4.05. The predicted octanol–water partition coefficient (Wildman–Crippen LogP) is 0.700. The number of rotatable bonds is 4. The maximum absolute atomic E-state index is 11.9. The van der Waals surface area contributed by atoms with Crippen LogP contribution in [0.1, 0.15) is 32.6 Å². The minimum absolute atomic E-state index is 0.206. The smallest absolute Gasteiger partial charge is 0.236 e. The Morgan fingerprint density at radius 2 is 1.94 bits per heavy atom. The van der Waals surface area contributed by atoms with E-state index in [0.717, 1.165) is 25.9 Å². The van der Waals surface area contributed by atoms with Crippen LogP contribution >= 0.6 is 0 Å². The summed E-state index contributed by atoms with van der Waals surface area (Å²) in [4.78, 5) is 16.1. The van der Waals surface area contributed by atoms with E-state index in [4.69, 9.17) is 0 Å². The molecule has 0 bridgehead atoms. The first-order chi connectivity index (χ1) is 8.08. The first-order valence-corrected chi connectivity index (χ1v) is 6.74. The molecular formula is C13H24N2O2. The molecule has 0 radical (unpaired) electrons. The Morgan fingerprint density at radius 1 is 1.35 bits per heavy atom. The van der Waals surface area contributed by atoms with Crippen molar-refractivity contribution in [2.24, 2.45) is 5.92 Å². The van der Waals surface area contributed by atoms with Gasteiger partial charge in [-0.05, 0) is 51.6 Å². The van der Waals surface area contributed by atoms with Gasteiger partial charge in [-0.15, -0.1) is 0 Å². The highest BCUT2D eigenvalue weighted by atomic mass is 16.3. The highest BCUT2D eigenvalue weighted by Gasteiger charge is 2.31. The lowest BCUT2D eigenvalue weighted by molar-refractivity contribution is -0.132. The summed E-state index contributed by atoms with van der Waals surface area (Å²) in [5, 5.41) is 9.52. The molecule has 1 saturated heterocycles. The average Bonchev–Trinajstić information content (AvgIpc) is 3.12. The molecule has 1 heterocycles. The van der Waals surface area contributed by atoms with Crippen molar-refractivity contribution in [3.63, 3.8) is 0 Å². The normalized spacial score (nSPS) is 24.6. The quantitative estimate of drug-likeness (QED) is 0.786. The van der Waals surface area contributed by atoms with Gasteiger partial charge in [0.05, 0.1) is 12.6 Å². The SMILES string of the molecule is CC(O)C1CCN(CC(=O)N(C)C2CC2)CC1. The Morgan fingerprint density at radius 3 is 2.41 bits per heavy atom. The number of carbonyl (C=O) groups excluding carboxylic acids is 1. The summed E-state index contributed by atoms with van der Waals surface area (Å²) in [6.07, 6.45) is 4.16. The summed E-state index contributed by atoms with van der Waals surface area (Å²) < 4.78 is 0. The van der Waals surface area contributed by atoms with Gasteiger partial charge in [-0.1, -0.05) is 0 Å². The van der Waals surface area contributed by atoms with Gasteiger partial charge in [-0.25, -0.2) is 0 Å². The number of aliphatic hydroxyl groups excluding tert-OH is 1. The molecule has 0 aromatic heterocycles. The molecule has 98 valence electrons. The van der Waals surface area contributed by atoms with Crippen molar-refractivity contribution >= 4 is 5.91 Å². The zero-order chi connectivity index (χ0) is 12.4. The standard InChI is InChI=1S/C13H24N2O2/c1-10(16)11-5-7-15(8-6-11)9-13(17)14(2)12-3-4-12/h10-12,16H,3-9H2,1-2H3. The average molecular weight is 240 g/mol. The molecule has 2 fully saturated rings. The molecule has 1 aliphatic carbocycles. The Labute approximate surface area is 104 Å². The van der Waals surface area contributed by atoms with Crippen LogP contribution in [0, 0.1) is 5.92 Å². The number of piperidine rings is 1. The van der Waals surface area contributed by atoms with Crippen LogP contribution in [-0.4, -0.2) is 59.6 Å². The molecular weight excluding hydrogens is 216 g/mol. The van der Waals surface area contributed by atoms with Crippen molar-refractivity contribution in [1.82, 2.24) is 9.80 Å². The molecule has 1 aliphatic heterocycles. The fourth-order valence-corrected chi connectivity index (χ4v) is 2.56. The molecule has 2 aliphatic rings. The van der Waals surface area contributed by atoms with Gasteiger partial charge in [0, 0.05) is 13.1 Å². The lowest BCUT2D eigenvalue weighted by Crippen LogP contribution is -2.44. The van der Waals surface area contributed by atoms with Gasteiger partial charge in [0.15, 0.2) is 0 Å². The van der Waals surface area contributed by atoms with Crippen molar-refractivity contribution in [3.8, 4) is 0 Å². The van der Waals surface area contributed by atoms with E-state index in [1.165, 1.54) is 12.8 Å². The van der Waals surface area contributed by atoms with Gasteiger partial charge in [0.2, 0.25) is 5.91 Å².